The number of thioether (sulfide) groups is 1. The molecule has 120 valence electrons. The monoisotopic (exact) mass is 329 g/mol. The predicted molar refractivity (Wildman–Crippen MR) is 91.4 cm³/mol. The molecule has 0 radical (unpaired) electrons. The smallest absolute Gasteiger partial charge is 0.255 e. The van der Waals surface area contributed by atoms with E-state index < -0.39 is 0 Å². The highest BCUT2D eigenvalue weighted by Gasteiger charge is 2.40. The number of nitrogens with zero attached hydrogens (tertiary/aromatic N) is 2. The Bertz CT molecular complexity index is 768. The van der Waals surface area contributed by atoms with E-state index in [2.05, 4.69) is 4.98 Å². The molecule has 1 aliphatic heterocycles. The van der Waals surface area contributed by atoms with E-state index >= 15 is 0 Å². The van der Waals surface area contributed by atoms with Gasteiger partial charge >= 0.3 is 0 Å². The maximum Gasteiger partial charge on any atom is 0.255 e. The topological polar surface area (TPSA) is 56.4 Å². The minimum Gasteiger partial charge on any atom is -0.361 e. The Hall–Kier alpha value is -1.95. The Morgan fingerprint density at radius 3 is 2.91 bits per heavy atom. The largest absolute Gasteiger partial charge is 0.361 e. The second-order valence-corrected chi connectivity index (χ2v) is 7.22. The van der Waals surface area contributed by atoms with E-state index in [4.69, 9.17) is 0 Å². The van der Waals surface area contributed by atoms with Gasteiger partial charge in [-0.2, -0.15) is 0 Å². The molecule has 2 aromatic rings. The zero-order valence-corrected chi connectivity index (χ0v) is 13.8. The molecule has 1 atom stereocenters. The maximum absolute atomic E-state index is 13.0. The van der Waals surface area contributed by atoms with Crippen LogP contribution >= 0.6 is 11.8 Å². The molecule has 1 aliphatic carbocycles. The molecule has 1 saturated heterocycles. The second-order valence-electron chi connectivity index (χ2n) is 6.22. The molecule has 1 aromatic heterocycles. The molecule has 2 fully saturated rings. The van der Waals surface area contributed by atoms with Crippen LogP contribution in [0.5, 0.6) is 0 Å². The third kappa shape index (κ3) is 2.51. The van der Waals surface area contributed by atoms with Gasteiger partial charge in [-0.05, 0) is 31.0 Å². The Morgan fingerprint density at radius 2 is 2.13 bits per heavy atom. The van der Waals surface area contributed by atoms with Crippen molar-refractivity contribution in [2.45, 2.75) is 24.9 Å². The van der Waals surface area contributed by atoms with Gasteiger partial charge in [-0.3, -0.25) is 9.59 Å². The quantitative estimate of drug-likeness (QED) is 0.940. The Balaban J connectivity index is 1.62. The van der Waals surface area contributed by atoms with Crippen molar-refractivity contribution >= 4 is 34.5 Å². The summed E-state index contributed by atoms with van der Waals surface area (Å²) in [6, 6.07) is 7.62. The van der Waals surface area contributed by atoms with Crippen LogP contribution in [-0.2, 0) is 4.79 Å². The third-order valence-corrected chi connectivity index (χ3v) is 5.71. The van der Waals surface area contributed by atoms with Crippen molar-refractivity contribution in [3.05, 3.63) is 36.0 Å². The normalized spacial score (nSPS) is 20.9. The van der Waals surface area contributed by atoms with Gasteiger partial charge in [0.1, 0.15) is 6.04 Å². The molecule has 1 N–H and O–H groups in total. The molecule has 2 aliphatic rings. The number of H-pyrrole nitrogens is 1. The summed E-state index contributed by atoms with van der Waals surface area (Å²) in [7, 11) is 1.86. The highest BCUT2D eigenvalue weighted by molar-refractivity contribution is 7.99. The number of carbonyl (C=O) groups is 2. The summed E-state index contributed by atoms with van der Waals surface area (Å²) in [6.07, 6.45) is 4.00. The van der Waals surface area contributed by atoms with Crippen molar-refractivity contribution in [1.29, 1.82) is 0 Å². The molecule has 1 aromatic carbocycles. The van der Waals surface area contributed by atoms with E-state index in [-0.39, 0.29) is 17.9 Å². The molecule has 6 heteroatoms. The molecule has 0 spiro atoms. The van der Waals surface area contributed by atoms with Crippen LogP contribution in [0.4, 0.5) is 0 Å². The Kier molecular flexibility index (Phi) is 3.56. The minimum atomic E-state index is -0.340. The van der Waals surface area contributed by atoms with Gasteiger partial charge in [0.25, 0.3) is 5.91 Å². The van der Waals surface area contributed by atoms with Crippen LogP contribution in [0.2, 0.25) is 0 Å². The standard InChI is InChI=1S/C17H19N3O2S/c1-19(11-5-6-11)17(22)15-9-23-10-20(15)16(21)13-3-2-4-14-12(13)7-8-18-14/h2-4,7-8,11,15,18H,5-6,9-10H2,1H3. The number of fused-ring (bicyclic) bond motifs is 1. The van der Waals surface area contributed by atoms with Gasteiger partial charge < -0.3 is 14.8 Å². The summed E-state index contributed by atoms with van der Waals surface area (Å²) in [4.78, 5) is 32.4. The van der Waals surface area contributed by atoms with Gasteiger partial charge in [0.15, 0.2) is 0 Å². The zero-order valence-electron chi connectivity index (χ0n) is 13.0. The molecule has 1 unspecified atom stereocenters. The lowest BCUT2D eigenvalue weighted by molar-refractivity contribution is -0.134. The van der Waals surface area contributed by atoms with Gasteiger partial charge in [0.2, 0.25) is 5.91 Å². The molecule has 5 nitrogen and oxygen atoms in total. The van der Waals surface area contributed by atoms with Gasteiger partial charge in [-0.25, -0.2) is 0 Å². The SMILES string of the molecule is CN(C(=O)C1CSCN1C(=O)c1cccc2[nH]ccc12)C1CC1. The van der Waals surface area contributed by atoms with Gasteiger partial charge in [0, 0.05) is 41.5 Å². The van der Waals surface area contributed by atoms with Crippen LogP contribution in [0.25, 0.3) is 10.9 Å². The van der Waals surface area contributed by atoms with Gasteiger partial charge in [0.05, 0.1) is 5.88 Å². The van der Waals surface area contributed by atoms with Crippen molar-refractivity contribution in [3.8, 4) is 0 Å². The highest BCUT2D eigenvalue weighted by atomic mass is 32.2. The number of hydrogen-bond acceptors (Lipinski definition) is 3. The lowest BCUT2D eigenvalue weighted by Crippen LogP contribution is -2.48. The fraction of sp³-hybridized carbons (Fsp3) is 0.412. The molecular weight excluding hydrogens is 310 g/mol. The van der Waals surface area contributed by atoms with E-state index in [9.17, 15) is 9.59 Å². The van der Waals surface area contributed by atoms with Crippen LogP contribution in [0.15, 0.2) is 30.5 Å². The first kappa shape index (κ1) is 14.6. The van der Waals surface area contributed by atoms with Crippen molar-refractivity contribution in [1.82, 2.24) is 14.8 Å². The van der Waals surface area contributed by atoms with Crippen molar-refractivity contribution < 1.29 is 9.59 Å². The number of carbonyl (C=O) groups excluding carboxylic acids is 2. The summed E-state index contributed by atoms with van der Waals surface area (Å²) < 4.78 is 0. The summed E-state index contributed by atoms with van der Waals surface area (Å²) in [5.41, 5.74) is 1.61. The second kappa shape index (κ2) is 5.60. The molecule has 1 saturated carbocycles. The number of rotatable bonds is 3. The van der Waals surface area contributed by atoms with Crippen LogP contribution < -0.4 is 0 Å². The Labute approximate surface area is 139 Å². The minimum absolute atomic E-state index is 0.0530. The molecule has 0 bridgehead atoms. The molecule has 4 rings (SSSR count). The number of nitrogens with one attached hydrogen (secondary N) is 1. The van der Waals surface area contributed by atoms with Crippen molar-refractivity contribution in [2.75, 3.05) is 18.7 Å². The van der Waals surface area contributed by atoms with Crippen molar-refractivity contribution in [3.63, 3.8) is 0 Å². The van der Waals surface area contributed by atoms with E-state index in [1.54, 1.807) is 16.7 Å². The summed E-state index contributed by atoms with van der Waals surface area (Å²) in [6.45, 7) is 0. The zero-order chi connectivity index (χ0) is 16.0. The predicted octanol–water partition coefficient (Wildman–Crippen LogP) is 2.30. The summed E-state index contributed by atoms with van der Waals surface area (Å²) in [5.74, 6) is 1.29. The summed E-state index contributed by atoms with van der Waals surface area (Å²) in [5, 5.41) is 0.913. The van der Waals surface area contributed by atoms with Crippen LogP contribution in [-0.4, -0.2) is 57.4 Å². The number of amides is 2. The average molecular weight is 329 g/mol. The Morgan fingerprint density at radius 1 is 1.30 bits per heavy atom. The van der Waals surface area contributed by atoms with E-state index in [0.717, 1.165) is 23.7 Å². The van der Waals surface area contributed by atoms with Gasteiger partial charge in [-0.15, -0.1) is 11.8 Å². The highest BCUT2D eigenvalue weighted by Crippen LogP contribution is 2.30. The van der Waals surface area contributed by atoms with Crippen LogP contribution in [0.1, 0.15) is 23.2 Å². The third-order valence-electron chi connectivity index (χ3n) is 4.70. The van der Waals surface area contributed by atoms with Crippen molar-refractivity contribution in [2.24, 2.45) is 0 Å². The number of likely N-dealkylation sites (N-methyl/N-ethyl adjacent to an activating group) is 1. The molecule has 2 amide bonds. The first-order chi connectivity index (χ1) is 11.2. The van der Waals surface area contributed by atoms with E-state index in [0.29, 0.717) is 23.2 Å². The number of hydrogen-bond donors (Lipinski definition) is 1. The van der Waals surface area contributed by atoms with E-state index in [1.807, 2.05) is 42.4 Å². The average Bonchev–Trinajstić information content (AvgIpc) is 3.11. The summed E-state index contributed by atoms with van der Waals surface area (Å²) >= 11 is 1.65. The number of aromatic amines is 1. The number of benzene rings is 1. The first-order valence-electron chi connectivity index (χ1n) is 7.88. The fourth-order valence-electron chi connectivity index (χ4n) is 3.15. The van der Waals surface area contributed by atoms with E-state index in [1.165, 1.54) is 0 Å². The van der Waals surface area contributed by atoms with Gasteiger partial charge in [-0.1, -0.05) is 6.07 Å². The lowest BCUT2D eigenvalue weighted by Gasteiger charge is -2.27. The molecule has 2 heterocycles. The first-order valence-corrected chi connectivity index (χ1v) is 9.04. The fourth-order valence-corrected chi connectivity index (χ4v) is 4.30. The maximum atomic E-state index is 13.0. The molecular formula is C17H19N3O2S. The van der Waals surface area contributed by atoms with Crippen LogP contribution in [0.3, 0.4) is 0 Å². The number of aromatic nitrogens is 1. The molecule has 23 heavy (non-hydrogen) atoms. The lowest BCUT2D eigenvalue weighted by atomic mass is 10.1. The van der Waals surface area contributed by atoms with Crippen LogP contribution in [0, 0.1) is 0 Å².